The molecule has 1 rings (SSSR count). The van der Waals surface area contributed by atoms with Gasteiger partial charge in [-0.05, 0) is 32.9 Å². The van der Waals surface area contributed by atoms with E-state index in [0.717, 1.165) is 0 Å². The van der Waals surface area contributed by atoms with Gasteiger partial charge in [-0.25, -0.2) is 4.79 Å². The Labute approximate surface area is 107 Å². The third-order valence-corrected chi connectivity index (χ3v) is 1.92. The molecule has 0 unspecified atom stereocenters. The average molecular weight is 253 g/mol. The molecule has 0 spiro atoms. The summed E-state index contributed by atoms with van der Waals surface area (Å²) in [6.45, 7) is 6.55. The zero-order valence-corrected chi connectivity index (χ0v) is 10.8. The van der Waals surface area contributed by atoms with Crippen LogP contribution in [0.25, 0.3) is 0 Å². The molecule has 1 radical (unpaired) electrons. The highest BCUT2D eigenvalue weighted by Crippen LogP contribution is 2.37. The van der Waals surface area contributed by atoms with Crippen LogP contribution in [0.5, 0.6) is 17.2 Å². The van der Waals surface area contributed by atoms with Crippen molar-refractivity contribution in [3.8, 4) is 17.2 Å². The largest absolute Gasteiger partial charge is 0.513 e. The molecule has 0 aliphatic carbocycles. The zero-order chi connectivity index (χ0) is 13.4. The molecule has 5 heteroatoms. The van der Waals surface area contributed by atoms with Crippen molar-refractivity contribution in [3.05, 3.63) is 18.2 Å². The van der Waals surface area contributed by atoms with E-state index in [2.05, 4.69) is 6.07 Å². The molecular formula is C13H17O5. The van der Waals surface area contributed by atoms with Crippen LogP contribution >= 0.6 is 0 Å². The van der Waals surface area contributed by atoms with Crippen molar-refractivity contribution in [1.82, 2.24) is 0 Å². The number of rotatable bonds is 6. The predicted molar refractivity (Wildman–Crippen MR) is 65.3 cm³/mol. The molecule has 1 aromatic carbocycles. The second-order valence-electron chi connectivity index (χ2n) is 3.15. The van der Waals surface area contributed by atoms with E-state index in [-0.39, 0.29) is 12.4 Å². The van der Waals surface area contributed by atoms with Gasteiger partial charge in [-0.2, -0.15) is 0 Å². The van der Waals surface area contributed by atoms with Gasteiger partial charge in [-0.1, -0.05) is 0 Å². The Morgan fingerprint density at radius 3 is 2.50 bits per heavy atom. The summed E-state index contributed by atoms with van der Waals surface area (Å²) in [7, 11) is 0. The minimum atomic E-state index is -0.789. The maximum Gasteiger partial charge on any atom is 0.513 e. The minimum Gasteiger partial charge on any atom is -0.490 e. The number of carbonyl (C=O) groups excluding carboxylic acids is 1. The van der Waals surface area contributed by atoms with Crippen LogP contribution in [0.15, 0.2) is 12.1 Å². The summed E-state index contributed by atoms with van der Waals surface area (Å²) in [6, 6.07) is 6.08. The van der Waals surface area contributed by atoms with E-state index >= 15 is 0 Å². The zero-order valence-electron chi connectivity index (χ0n) is 10.8. The summed E-state index contributed by atoms with van der Waals surface area (Å²) in [5.74, 6) is 1.04. The molecule has 0 fully saturated rings. The fraction of sp³-hybridized carbons (Fsp3) is 0.462. The van der Waals surface area contributed by atoms with Crippen molar-refractivity contribution in [2.45, 2.75) is 20.8 Å². The molecule has 18 heavy (non-hydrogen) atoms. The molecule has 0 aliphatic rings. The van der Waals surface area contributed by atoms with E-state index in [0.29, 0.717) is 24.7 Å². The maximum atomic E-state index is 11.3. The van der Waals surface area contributed by atoms with E-state index in [1.54, 1.807) is 19.1 Å². The Morgan fingerprint density at radius 2 is 1.89 bits per heavy atom. The Morgan fingerprint density at radius 1 is 1.17 bits per heavy atom. The van der Waals surface area contributed by atoms with Gasteiger partial charge in [0.15, 0.2) is 11.5 Å². The van der Waals surface area contributed by atoms with Gasteiger partial charge in [-0.15, -0.1) is 0 Å². The molecule has 0 amide bonds. The number of hydrogen-bond acceptors (Lipinski definition) is 5. The summed E-state index contributed by atoms with van der Waals surface area (Å²) >= 11 is 0. The van der Waals surface area contributed by atoms with Crippen LogP contribution in [0.3, 0.4) is 0 Å². The topological polar surface area (TPSA) is 54.0 Å². The first kappa shape index (κ1) is 14.2. The smallest absolute Gasteiger partial charge is 0.490 e. The Balaban J connectivity index is 2.94. The standard InChI is InChI=1S/C13H17O5/c1-4-15-10-8-7-9-11(12(10)16-5-2)18-13(14)17-6-3/h7-8H,4-6H2,1-3H3. The second kappa shape index (κ2) is 7.42. The lowest BCUT2D eigenvalue weighted by Gasteiger charge is -2.14. The average Bonchev–Trinajstić information content (AvgIpc) is 2.34. The number of carbonyl (C=O) groups is 1. The van der Waals surface area contributed by atoms with E-state index in [1.165, 1.54) is 0 Å². The van der Waals surface area contributed by atoms with Crippen LogP contribution in [0.2, 0.25) is 0 Å². The van der Waals surface area contributed by atoms with Gasteiger partial charge in [0.1, 0.15) is 0 Å². The van der Waals surface area contributed by atoms with Gasteiger partial charge in [0.25, 0.3) is 0 Å². The molecule has 0 heterocycles. The van der Waals surface area contributed by atoms with Gasteiger partial charge in [0.05, 0.1) is 19.8 Å². The normalized spacial score (nSPS) is 9.72. The number of benzene rings is 1. The van der Waals surface area contributed by atoms with E-state index in [1.807, 2.05) is 13.8 Å². The molecule has 99 valence electrons. The van der Waals surface area contributed by atoms with Gasteiger partial charge in [0, 0.05) is 6.07 Å². The molecule has 0 aromatic heterocycles. The quantitative estimate of drug-likeness (QED) is 0.576. The van der Waals surface area contributed by atoms with Gasteiger partial charge >= 0.3 is 6.16 Å². The summed E-state index contributed by atoms with van der Waals surface area (Å²) in [6.07, 6.45) is -0.789. The van der Waals surface area contributed by atoms with Crippen molar-refractivity contribution in [2.75, 3.05) is 19.8 Å². The highest BCUT2D eigenvalue weighted by molar-refractivity contribution is 5.66. The van der Waals surface area contributed by atoms with Crippen molar-refractivity contribution in [3.63, 3.8) is 0 Å². The molecule has 0 bridgehead atoms. The van der Waals surface area contributed by atoms with Crippen molar-refractivity contribution in [1.29, 1.82) is 0 Å². The predicted octanol–water partition coefficient (Wildman–Crippen LogP) is 2.82. The Kier molecular flexibility index (Phi) is 5.84. The molecule has 0 aliphatic heterocycles. The lowest BCUT2D eigenvalue weighted by Crippen LogP contribution is -2.11. The molecular weight excluding hydrogens is 236 g/mol. The first-order valence-electron chi connectivity index (χ1n) is 5.87. The summed E-state index contributed by atoms with van der Waals surface area (Å²) in [5, 5.41) is 0. The molecule has 1 aromatic rings. The molecule has 0 saturated heterocycles. The molecule has 0 saturated carbocycles. The Bertz CT molecular complexity index is 389. The fourth-order valence-corrected chi connectivity index (χ4v) is 1.30. The first-order chi connectivity index (χ1) is 8.72. The Hall–Kier alpha value is -1.91. The molecule has 0 atom stereocenters. The number of ether oxygens (including phenoxy) is 4. The summed E-state index contributed by atoms with van der Waals surface area (Å²) in [5.41, 5.74) is 0. The third kappa shape index (κ3) is 3.84. The minimum absolute atomic E-state index is 0.168. The third-order valence-electron chi connectivity index (χ3n) is 1.92. The van der Waals surface area contributed by atoms with Gasteiger partial charge < -0.3 is 18.9 Å². The van der Waals surface area contributed by atoms with Crippen LogP contribution in [0.1, 0.15) is 20.8 Å². The lowest BCUT2D eigenvalue weighted by molar-refractivity contribution is 0.102. The lowest BCUT2D eigenvalue weighted by atomic mass is 10.3. The maximum absolute atomic E-state index is 11.3. The van der Waals surface area contributed by atoms with E-state index < -0.39 is 6.16 Å². The van der Waals surface area contributed by atoms with Crippen molar-refractivity contribution in [2.24, 2.45) is 0 Å². The van der Waals surface area contributed by atoms with Crippen LogP contribution < -0.4 is 14.2 Å². The monoisotopic (exact) mass is 253 g/mol. The van der Waals surface area contributed by atoms with E-state index in [9.17, 15) is 4.79 Å². The number of hydrogen-bond donors (Lipinski definition) is 0. The first-order valence-corrected chi connectivity index (χ1v) is 5.87. The van der Waals surface area contributed by atoms with Gasteiger partial charge in [0.2, 0.25) is 5.75 Å². The molecule has 5 nitrogen and oxygen atoms in total. The summed E-state index contributed by atoms with van der Waals surface area (Å²) in [4.78, 5) is 11.3. The van der Waals surface area contributed by atoms with Crippen molar-refractivity contribution >= 4 is 6.16 Å². The fourth-order valence-electron chi connectivity index (χ4n) is 1.30. The van der Waals surface area contributed by atoms with Crippen LogP contribution in [-0.2, 0) is 4.74 Å². The van der Waals surface area contributed by atoms with Crippen LogP contribution in [-0.4, -0.2) is 26.0 Å². The van der Waals surface area contributed by atoms with Crippen molar-refractivity contribution < 1.29 is 23.7 Å². The highest BCUT2D eigenvalue weighted by atomic mass is 16.7. The highest BCUT2D eigenvalue weighted by Gasteiger charge is 2.16. The van der Waals surface area contributed by atoms with Gasteiger partial charge in [-0.3, -0.25) is 0 Å². The second-order valence-corrected chi connectivity index (χ2v) is 3.15. The van der Waals surface area contributed by atoms with E-state index in [4.69, 9.17) is 18.9 Å². The summed E-state index contributed by atoms with van der Waals surface area (Å²) < 4.78 is 20.5. The molecule has 0 N–H and O–H groups in total. The van der Waals surface area contributed by atoms with Crippen LogP contribution in [0, 0.1) is 6.07 Å². The SMILES string of the molecule is CCOC(=O)Oc1[c]ccc(OCC)c1OCC. The van der Waals surface area contributed by atoms with Crippen LogP contribution in [0.4, 0.5) is 4.79 Å².